The van der Waals surface area contributed by atoms with Crippen LogP contribution >= 0.6 is 0 Å². The van der Waals surface area contributed by atoms with Crippen LogP contribution in [0.4, 0.5) is 4.39 Å². The molecule has 3 aromatic rings. The first-order chi connectivity index (χ1) is 14.2. The minimum Gasteiger partial charge on any atom is -0.379 e. The van der Waals surface area contributed by atoms with Crippen molar-refractivity contribution in [2.75, 3.05) is 39.4 Å². The van der Waals surface area contributed by atoms with Gasteiger partial charge in [0.05, 0.1) is 13.2 Å². The van der Waals surface area contributed by atoms with Crippen LogP contribution in [0.25, 0.3) is 10.9 Å². The topological polar surface area (TPSA) is 57.4 Å². The fourth-order valence-electron chi connectivity index (χ4n) is 3.96. The smallest absolute Gasteiger partial charge is 0.220 e. The van der Waals surface area contributed by atoms with E-state index in [1.54, 1.807) is 12.1 Å². The summed E-state index contributed by atoms with van der Waals surface area (Å²) in [6.07, 6.45) is 2.09. The summed E-state index contributed by atoms with van der Waals surface area (Å²) in [6.45, 7) is 4.64. The molecule has 4 rings (SSSR count). The average Bonchev–Trinajstić information content (AvgIpc) is 3.17. The van der Waals surface area contributed by atoms with Gasteiger partial charge < -0.3 is 15.0 Å². The molecule has 0 spiro atoms. The first kappa shape index (κ1) is 19.6. The number of H-pyrrole nitrogens is 1. The van der Waals surface area contributed by atoms with E-state index >= 15 is 0 Å². The van der Waals surface area contributed by atoms with E-state index < -0.39 is 0 Å². The molecule has 1 aromatic heterocycles. The third kappa shape index (κ3) is 4.66. The molecule has 0 unspecified atom stereocenters. The van der Waals surface area contributed by atoms with Gasteiger partial charge in [0.25, 0.3) is 0 Å². The molecule has 2 aromatic carbocycles. The van der Waals surface area contributed by atoms with Gasteiger partial charge in [-0.25, -0.2) is 4.39 Å². The van der Waals surface area contributed by atoms with Crippen LogP contribution < -0.4 is 5.32 Å². The van der Waals surface area contributed by atoms with E-state index in [0.717, 1.165) is 49.3 Å². The molecule has 2 N–H and O–H groups in total. The molecular weight excluding hydrogens is 369 g/mol. The Morgan fingerprint density at radius 1 is 1.10 bits per heavy atom. The minimum atomic E-state index is -0.351. The molecule has 0 saturated carbocycles. The Hall–Kier alpha value is -2.70. The fraction of sp³-hybridized carbons (Fsp3) is 0.348. The highest BCUT2D eigenvalue weighted by molar-refractivity contribution is 5.86. The monoisotopic (exact) mass is 395 g/mol. The summed E-state index contributed by atoms with van der Waals surface area (Å²) in [5.41, 5.74) is 2.46. The molecule has 1 amide bonds. The second-order valence-corrected chi connectivity index (χ2v) is 7.37. The van der Waals surface area contributed by atoms with E-state index in [1.807, 2.05) is 36.5 Å². The maximum atomic E-state index is 14.6. The van der Waals surface area contributed by atoms with Gasteiger partial charge in [0.15, 0.2) is 0 Å². The number of nitrogens with zero attached hydrogens (tertiary/aromatic N) is 1. The van der Waals surface area contributed by atoms with Crippen molar-refractivity contribution in [2.24, 2.45) is 0 Å². The van der Waals surface area contributed by atoms with Crippen LogP contribution in [-0.2, 0) is 9.53 Å². The standard InChI is InChI=1S/C23H26FN3O2/c24-21-7-3-1-5-17(21)19(20-16-26-22-8-4-2-6-18(20)22)15-23(28)25-9-10-27-11-13-29-14-12-27/h1-8,16,19,26H,9-15H2,(H,25,28)/t19-/m0/s1. The summed E-state index contributed by atoms with van der Waals surface area (Å²) in [4.78, 5) is 18.2. The summed E-state index contributed by atoms with van der Waals surface area (Å²) in [6, 6.07) is 14.6. The van der Waals surface area contributed by atoms with Crippen molar-refractivity contribution < 1.29 is 13.9 Å². The highest BCUT2D eigenvalue weighted by atomic mass is 19.1. The third-order valence-corrected chi connectivity index (χ3v) is 5.52. The number of amides is 1. The van der Waals surface area contributed by atoms with Crippen LogP contribution in [0.2, 0.25) is 0 Å². The van der Waals surface area contributed by atoms with Gasteiger partial charge in [-0.15, -0.1) is 0 Å². The van der Waals surface area contributed by atoms with Crippen molar-refractivity contribution in [2.45, 2.75) is 12.3 Å². The Morgan fingerprint density at radius 2 is 1.86 bits per heavy atom. The molecule has 6 heteroatoms. The quantitative estimate of drug-likeness (QED) is 0.646. The zero-order valence-corrected chi connectivity index (χ0v) is 16.4. The summed E-state index contributed by atoms with van der Waals surface area (Å²) >= 11 is 0. The number of para-hydroxylation sites is 1. The number of benzene rings is 2. The van der Waals surface area contributed by atoms with Gasteiger partial charge in [-0.05, 0) is 23.3 Å². The van der Waals surface area contributed by atoms with E-state index in [9.17, 15) is 9.18 Å². The zero-order chi connectivity index (χ0) is 20.1. The fourth-order valence-corrected chi connectivity index (χ4v) is 3.96. The Morgan fingerprint density at radius 3 is 2.69 bits per heavy atom. The second kappa shape index (κ2) is 9.20. The number of halogens is 1. The lowest BCUT2D eigenvalue weighted by atomic mass is 9.87. The number of nitrogens with one attached hydrogen (secondary N) is 2. The number of morpholine rings is 1. The number of aromatic nitrogens is 1. The second-order valence-electron chi connectivity index (χ2n) is 7.37. The molecule has 0 bridgehead atoms. The maximum Gasteiger partial charge on any atom is 0.220 e. The number of fused-ring (bicyclic) bond motifs is 1. The van der Waals surface area contributed by atoms with Gasteiger partial charge in [-0.1, -0.05) is 36.4 Å². The molecule has 1 aliphatic heterocycles. The average molecular weight is 395 g/mol. The van der Waals surface area contributed by atoms with Crippen molar-refractivity contribution in [1.29, 1.82) is 0 Å². The summed E-state index contributed by atoms with van der Waals surface area (Å²) < 4.78 is 20.0. The van der Waals surface area contributed by atoms with Gasteiger partial charge >= 0.3 is 0 Å². The van der Waals surface area contributed by atoms with Crippen LogP contribution in [-0.4, -0.2) is 55.2 Å². The van der Waals surface area contributed by atoms with Gasteiger partial charge in [0, 0.05) is 55.6 Å². The number of hydrogen-bond donors (Lipinski definition) is 2. The summed E-state index contributed by atoms with van der Waals surface area (Å²) in [7, 11) is 0. The van der Waals surface area contributed by atoms with Gasteiger partial charge in [-0.2, -0.15) is 0 Å². The Bertz CT molecular complexity index is 965. The number of aromatic amines is 1. The molecule has 2 heterocycles. The Balaban J connectivity index is 1.50. The lowest BCUT2D eigenvalue weighted by molar-refractivity contribution is -0.121. The highest BCUT2D eigenvalue weighted by Gasteiger charge is 2.24. The van der Waals surface area contributed by atoms with Crippen molar-refractivity contribution in [3.8, 4) is 0 Å². The van der Waals surface area contributed by atoms with Crippen LogP contribution in [0.15, 0.2) is 54.7 Å². The third-order valence-electron chi connectivity index (χ3n) is 5.52. The van der Waals surface area contributed by atoms with Crippen molar-refractivity contribution in [1.82, 2.24) is 15.2 Å². The van der Waals surface area contributed by atoms with Crippen LogP contribution in [0.3, 0.4) is 0 Å². The molecule has 1 aliphatic rings. The first-order valence-corrected chi connectivity index (χ1v) is 10.1. The molecule has 0 radical (unpaired) electrons. The predicted molar refractivity (Wildman–Crippen MR) is 111 cm³/mol. The van der Waals surface area contributed by atoms with E-state index in [4.69, 9.17) is 4.74 Å². The van der Waals surface area contributed by atoms with Gasteiger partial charge in [0.2, 0.25) is 5.91 Å². The zero-order valence-electron chi connectivity index (χ0n) is 16.4. The number of ether oxygens (including phenoxy) is 1. The SMILES string of the molecule is O=C(C[C@@H](c1ccccc1F)c1c[nH]c2ccccc12)NCCN1CCOCC1. The van der Waals surface area contributed by atoms with Crippen molar-refractivity contribution in [3.05, 3.63) is 71.7 Å². The lowest BCUT2D eigenvalue weighted by Gasteiger charge is -2.26. The molecule has 1 fully saturated rings. The van der Waals surface area contributed by atoms with E-state index in [0.29, 0.717) is 12.1 Å². The largest absolute Gasteiger partial charge is 0.379 e. The molecular formula is C23H26FN3O2. The summed E-state index contributed by atoms with van der Waals surface area (Å²) in [5.74, 6) is -0.712. The van der Waals surface area contributed by atoms with E-state index in [2.05, 4.69) is 15.2 Å². The van der Waals surface area contributed by atoms with Crippen molar-refractivity contribution in [3.63, 3.8) is 0 Å². The lowest BCUT2D eigenvalue weighted by Crippen LogP contribution is -2.41. The van der Waals surface area contributed by atoms with E-state index in [1.165, 1.54) is 6.07 Å². The van der Waals surface area contributed by atoms with Crippen LogP contribution in [0.5, 0.6) is 0 Å². The number of rotatable bonds is 7. The molecule has 1 atom stereocenters. The Kier molecular flexibility index (Phi) is 6.22. The molecule has 29 heavy (non-hydrogen) atoms. The highest BCUT2D eigenvalue weighted by Crippen LogP contribution is 2.34. The predicted octanol–water partition coefficient (Wildman–Crippen LogP) is 3.28. The number of carbonyl (C=O) groups is 1. The van der Waals surface area contributed by atoms with Crippen molar-refractivity contribution >= 4 is 16.8 Å². The molecule has 0 aliphatic carbocycles. The molecule has 152 valence electrons. The number of carbonyl (C=O) groups excluding carboxylic acids is 1. The maximum absolute atomic E-state index is 14.6. The number of hydrogen-bond acceptors (Lipinski definition) is 3. The van der Waals surface area contributed by atoms with Gasteiger partial charge in [0.1, 0.15) is 5.82 Å². The van der Waals surface area contributed by atoms with Crippen LogP contribution in [0, 0.1) is 5.82 Å². The van der Waals surface area contributed by atoms with E-state index in [-0.39, 0.29) is 24.1 Å². The molecule has 5 nitrogen and oxygen atoms in total. The minimum absolute atomic E-state index is 0.0724. The molecule has 1 saturated heterocycles. The first-order valence-electron chi connectivity index (χ1n) is 10.1. The summed E-state index contributed by atoms with van der Waals surface area (Å²) in [5, 5.41) is 4.02. The van der Waals surface area contributed by atoms with Gasteiger partial charge in [-0.3, -0.25) is 9.69 Å². The normalized spacial score (nSPS) is 16.0. The van der Waals surface area contributed by atoms with Crippen LogP contribution in [0.1, 0.15) is 23.5 Å². The Labute approximate surface area is 169 Å².